The number of hydrogen-bond donors (Lipinski definition) is 1. The zero-order valence-electron chi connectivity index (χ0n) is 13.8. The lowest BCUT2D eigenvalue weighted by molar-refractivity contribution is 0.0685. The van der Waals surface area contributed by atoms with Crippen molar-refractivity contribution in [3.63, 3.8) is 0 Å². The molecule has 0 heterocycles. The first-order chi connectivity index (χ1) is 7.87. The van der Waals surface area contributed by atoms with Crippen molar-refractivity contribution in [1.82, 2.24) is 0 Å². The summed E-state index contributed by atoms with van der Waals surface area (Å²) in [5.41, 5.74) is 7.72. The van der Waals surface area contributed by atoms with Gasteiger partial charge in [0.1, 0.15) is 0 Å². The maximum absolute atomic E-state index is 6.49. The second-order valence-corrected chi connectivity index (χ2v) is 9.16. The van der Waals surface area contributed by atoms with Crippen molar-refractivity contribution >= 4 is 0 Å². The summed E-state index contributed by atoms with van der Waals surface area (Å²) in [5, 5.41) is 0. The molecule has 2 N–H and O–H groups in total. The highest BCUT2D eigenvalue weighted by Gasteiger charge is 2.40. The third-order valence-electron chi connectivity index (χ3n) is 5.52. The van der Waals surface area contributed by atoms with Crippen LogP contribution >= 0.6 is 0 Å². The van der Waals surface area contributed by atoms with Gasteiger partial charge in [0.25, 0.3) is 0 Å². The maximum Gasteiger partial charge on any atom is 0.0131 e. The van der Waals surface area contributed by atoms with Gasteiger partial charge in [-0.25, -0.2) is 0 Å². The average molecular weight is 253 g/mol. The topological polar surface area (TPSA) is 26.0 Å². The van der Waals surface area contributed by atoms with Crippen LogP contribution < -0.4 is 5.73 Å². The van der Waals surface area contributed by atoms with Crippen LogP contribution in [-0.2, 0) is 0 Å². The number of hydrogen-bond acceptors (Lipinski definition) is 1. The zero-order valence-corrected chi connectivity index (χ0v) is 13.8. The summed E-state index contributed by atoms with van der Waals surface area (Å²) in [6.45, 7) is 16.7. The van der Waals surface area contributed by atoms with Gasteiger partial charge in [0.05, 0.1) is 0 Å². The molecule has 1 heteroatoms. The molecule has 108 valence electrons. The molecule has 0 aromatic heterocycles. The van der Waals surface area contributed by atoms with E-state index < -0.39 is 0 Å². The van der Waals surface area contributed by atoms with Crippen molar-refractivity contribution in [2.75, 3.05) is 0 Å². The van der Waals surface area contributed by atoms with E-state index in [-0.39, 0.29) is 5.54 Å². The van der Waals surface area contributed by atoms with Crippen molar-refractivity contribution in [3.8, 4) is 0 Å². The second-order valence-electron chi connectivity index (χ2n) is 9.16. The number of rotatable bonds is 0. The zero-order chi connectivity index (χ0) is 14.2. The van der Waals surface area contributed by atoms with Crippen molar-refractivity contribution < 1.29 is 0 Å². The Kier molecular flexibility index (Phi) is 4.28. The molecule has 0 aromatic rings. The smallest absolute Gasteiger partial charge is 0.0131 e. The van der Waals surface area contributed by atoms with Crippen molar-refractivity contribution in [1.29, 1.82) is 0 Å². The molecule has 1 aliphatic carbocycles. The predicted molar refractivity (Wildman–Crippen MR) is 81.6 cm³/mol. The molecule has 0 saturated heterocycles. The molecule has 0 spiro atoms. The lowest BCUT2D eigenvalue weighted by Gasteiger charge is -2.43. The molecule has 0 aromatic carbocycles. The van der Waals surface area contributed by atoms with Crippen molar-refractivity contribution in [2.24, 2.45) is 22.0 Å². The van der Waals surface area contributed by atoms with E-state index in [0.29, 0.717) is 16.2 Å². The second kappa shape index (κ2) is 4.81. The quantitative estimate of drug-likeness (QED) is 0.636. The van der Waals surface area contributed by atoms with E-state index in [1.54, 1.807) is 0 Å². The highest BCUT2D eigenvalue weighted by molar-refractivity contribution is 4.93. The lowest BCUT2D eigenvalue weighted by atomic mass is 9.62. The standard InChI is InChI=1S/C17H35N/c1-14(2,3)16(6)9-8-10-17(7,18)13-15(4,5)11-12-16/h8-13,18H2,1-7H3. The van der Waals surface area contributed by atoms with Gasteiger partial charge in [-0.15, -0.1) is 0 Å². The highest BCUT2D eigenvalue weighted by Crippen LogP contribution is 2.50. The van der Waals surface area contributed by atoms with Crippen molar-refractivity contribution in [2.45, 2.75) is 92.5 Å². The minimum atomic E-state index is 0.0205. The Morgan fingerprint density at radius 1 is 0.833 bits per heavy atom. The van der Waals surface area contributed by atoms with E-state index in [4.69, 9.17) is 5.73 Å². The molecule has 0 aliphatic heterocycles. The first-order valence-electron chi connectivity index (χ1n) is 7.66. The molecular formula is C17H35N. The van der Waals surface area contributed by atoms with Crippen LogP contribution in [0, 0.1) is 16.2 Å². The minimum absolute atomic E-state index is 0.0205. The maximum atomic E-state index is 6.49. The summed E-state index contributed by atoms with van der Waals surface area (Å²) in [4.78, 5) is 0. The summed E-state index contributed by atoms with van der Waals surface area (Å²) in [7, 11) is 0. The molecule has 1 aliphatic rings. The van der Waals surface area contributed by atoms with Gasteiger partial charge in [0.15, 0.2) is 0 Å². The Morgan fingerprint density at radius 2 is 1.39 bits per heavy atom. The summed E-state index contributed by atoms with van der Waals surface area (Å²) in [5.74, 6) is 0. The molecule has 2 atom stereocenters. The molecule has 1 saturated carbocycles. The van der Waals surface area contributed by atoms with Gasteiger partial charge in [-0.1, -0.05) is 48.0 Å². The van der Waals surface area contributed by atoms with Crippen LogP contribution in [0.15, 0.2) is 0 Å². The SMILES string of the molecule is CC1(C)CCC(C)(C(C)(C)C)CCCC(C)(N)C1. The van der Waals surface area contributed by atoms with Gasteiger partial charge >= 0.3 is 0 Å². The summed E-state index contributed by atoms with van der Waals surface area (Å²) >= 11 is 0. The van der Waals surface area contributed by atoms with Crippen LogP contribution in [0.3, 0.4) is 0 Å². The first kappa shape index (κ1) is 16.0. The highest BCUT2D eigenvalue weighted by atomic mass is 14.7. The monoisotopic (exact) mass is 253 g/mol. The normalized spacial score (nSPS) is 38.7. The van der Waals surface area contributed by atoms with Gasteiger partial charge in [-0.05, 0) is 55.3 Å². The largest absolute Gasteiger partial charge is 0.325 e. The van der Waals surface area contributed by atoms with Crippen molar-refractivity contribution in [3.05, 3.63) is 0 Å². The fourth-order valence-electron chi connectivity index (χ4n) is 3.64. The van der Waals surface area contributed by atoms with E-state index in [1.165, 1.54) is 32.1 Å². The van der Waals surface area contributed by atoms with E-state index in [2.05, 4.69) is 48.5 Å². The van der Waals surface area contributed by atoms with Gasteiger partial charge in [0.2, 0.25) is 0 Å². The fraction of sp³-hybridized carbons (Fsp3) is 1.00. The summed E-state index contributed by atoms with van der Waals surface area (Å²) < 4.78 is 0. The molecule has 0 bridgehead atoms. The van der Waals surface area contributed by atoms with E-state index >= 15 is 0 Å². The fourth-order valence-corrected chi connectivity index (χ4v) is 3.64. The molecule has 1 rings (SSSR count). The van der Waals surface area contributed by atoms with Crippen LogP contribution in [-0.4, -0.2) is 5.54 Å². The van der Waals surface area contributed by atoms with Crippen LogP contribution in [0.1, 0.15) is 87.0 Å². The van der Waals surface area contributed by atoms with Crippen LogP contribution in [0.4, 0.5) is 0 Å². The number of nitrogens with two attached hydrogens (primary N) is 1. The van der Waals surface area contributed by atoms with Crippen LogP contribution in [0.25, 0.3) is 0 Å². The van der Waals surface area contributed by atoms with Gasteiger partial charge in [-0.2, -0.15) is 0 Å². The lowest BCUT2D eigenvalue weighted by Crippen LogP contribution is -2.40. The van der Waals surface area contributed by atoms with E-state index in [0.717, 1.165) is 6.42 Å². The third kappa shape index (κ3) is 3.98. The van der Waals surface area contributed by atoms with Gasteiger partial charge < -0.3 is 5.73 Å². The molecule has 0 radical (unpaired) electrons. The Balaban J connectivity index is 2.93. The van der Waals surface area contributed by atoms with E-state index in [9.17, 15) is 0 Å². The predicted octanol–water partition coefficient (Wildman–Crippen LogP) is 5.14. The molecule has 1 fully saturated rings. The van der Waals surface area contributed by atoms with Crippen LogP contribution in [0.2, 0.25) is 0 Å². The average Bonchev–Trinajstić information content (AvgIpc) is 2.13. The molecule has 0 amide bonds. The summed E-state index contributed by atoms with van der Waals surface area (Å²) in [6, 6.07) is 0. The molecule has 2 unspecified atom stereocenters. The Hall–Kier alpha value is -0.0400. The third-order valence-corrected chi connectivity index (χ3v) is 5.52. The Labute approximate surface area is 115 Å². The van der Waals surface area contributed by atoms with Gasteiger partial charge in [0, 0.05) is 5.54 Å². The van der Waals surface area contributed by atoms with Crippen LogP contribution in [0.5, 0.6) is 0 Å². The molecular weight excluding hydrogens is 218 g/mol. The molecule has 1 nitrogen and oxygen atoms in total. The summed E-state index contributed by atoms with van der Waals surface area (Å²) in [6.07, 6.45) is 7.55. The molecule has 18 heavy (non-hydrogen) atoms. The first-order valence-corrected chi connectivity index (χ1v) is 7.66. The Bertz CT molecular complexity index is 282. The van der Waals surface area contributed by atoms with Gasteiger partial charge in [-0.3, -0.25) is 0 Å². The Morgan fingerprint density at radius 3 is 1.89 bits per heavy atom. The minimum Gasteiger partial charge on any atom is -0.325 e. The van der Waals surface area contributed by atoms with E-state index in [1.807, 2.05) is 0 Å².